The first kappa shape index (κ1) is 22.6. The number of ether oxygens (including phenoxy) is 2. The Morgan fingerprint density at radius 1 is 1.15 bits per heavy atom. The van der Waals surface area contributed by atoms with E-state index in [1.807, 2.05) is 50.2 Å². The zero-order valence-electron chi connectivity index (χ0n) is 15.8. The van der Waals surface area contributed by atoms with E-state index in [9.17, 15) is 0 Å². The Morgan fingerprint density at radius 2 is 1.96 bits per heavy atom. The Morgan fingerprint density at radius 3 is 2.63 bits per heavy atom. The molecule has 0 saturated heterocycles. The van der Waals surface area contributed by atoms with Crippen LogP contribution in [0.1, 0.15) is 25.0 Å². The molecule has 0 bridgehead atoms. The number of hydrogen-bond acceptors (Lipinski definition) is 4. The van der Waals surface area contributed by atoms with Crippen molar-refractivity contribution in [2.45, 2.75) is 20.4 Å². The van der Waals surface area contributed by atoms with E-state index >= 15 is 0 Å². The van der Waals surface area contributed by atoms with E-state index in [4.69, 9.17) is 14.7 Å². The van der Waals surface area contributed by atoms with Gasteiger partial charge in [0, 0.05) is 18.3 Å². The van der Waals surface area contributed by atoms with Gasteiger partial charge in [-0.15, -0.1) is 24.0 Å². The van der Waals surface area contributed by atoms with Crippen LogP contribution in [0.5, 0.6) is 11.5 Å². The molecule has 0 atom stereocenters. The van der Waals surface area contributed by atoms with Crippen LogP contribution in [-0.2, 0) is 6.54 Å². The monoisotopic (exact) mass is 480 g/mol. The molecule has 144 valence electrons. The molecule has 27 heavy (non-hydrogen) atoms. The minimum Gasteiger partial charge on any atom is -0.493 e. The van der Waals surface area contributed by atoms with Crippen molar-refractivity contribution in [3.8, 4) is 17.6 Å². The second-order valence-electron chi connectivity index (χ2n) is 5.43. The summed E-state index contributed by atoms with van der Waals surface area (Å²) in [6.45, 7) is 5.72. The molecule has 6 nitrogen and oxygen atoms in total. The van der Waals surface area contributed by atoms with Gasteiger partial charge < -0.3 is 20.1 Å². The average Bonchev–Trinajstić information content (AvgIpc) is 2.67. The molecule has 7 heteroatoms. The van der Waals surface area contributed by atoms with Gasteiger partial charge in [0.15, 0.2) is 17.5 Å². The number of nitrogens with zero attached hydrogens (tertiary/aromatic N) is 2. The third-order valence-electron chi connectivity index (χ3n) is 3.55. The Bertz CT molecular complexity index is 803. The number of guanidine groups is 1. The fourth-order valence-electron chi connectivity index (χ4n) is 2.37. The highest BCUT2D eigenvalue weighted by Gasteiger charge is 2.07. The Balaban J connectivity index is 0.00000364. The fourth-order valence-corrected chi connectivity index (χ4v) is 2.37. The van der Waals surface area contributed by atoms with E-state index < -0.39 is 0 Å². The van der Waals surface area contributed by atoms with E-state index in [0.29, 0.717) is 36.2 Å². The van der Waals surface area contributed by atoms with Crippen molar-refractivity contribution in [3.05, 3.63) is 53.6 Å². The number of hydrogen-bond donors (Lipinski definition) is 2. The summed E-state index contributed by atoms with van der Waals surface area (Å²) in [7, 11) is 1.61. The number of nitriles is 1. The highest BCUT2D eigenvalue weighted by atomic mass is 127. The first-order chi connectivity index (χ1) is 12.7. The molecular formula is C20H25IN4O2. The van der Waals surface area contributed by atoms with Gasteiger partial charge in [-0.05, 0) is 43.7 Å². The number of methoxy groups -OCH3 is 1. The normalized spacial score (nSPS) is 10.4. The van der Waals surface area contributed by atoms with Crippen LogP contribution >= 0.6 is 24.0 Å². The maximum atomic E-state index is 9.00. The molecule has 2 N–H and O–H groups in total. The molecule has 0 unspecified atom stereocenters. The minimum atomic E-state index is 0. The van der Waals surface area contributed by atoms with E-state index in [-0.39, 0.29) is 24.0 Å². The first-order valence-electron chi connectivity index (χ1n) is 8.55. The largest absolute Gasteiger partial charge is 0.493 e. The molecule has 0 saturated carbocycles. The van der Waals surface area contributed by atoms with Crippen LogP contribution in [0.2, 0.25) is 0 Å². The van der Waals surface area contributed by atoms with Gasteiger partial charge in [0.25, 0.3) is 0 Å². The Labute approximate surface area is 177 Å². The minimum absolute atomic E-state index is 0. The second-order valence-corrected chi connectivity index (χ2v) is 5.43. The highest BCUT2D eigenvalue weighted by molar-refractivity contribution is 14.0. The van der Waals surface area contributed by atoms with Crippen molar-refractivity contribution in [1.29, 1.82) is 5.26 Å². The summed E-state index contributed by atoms with van der Waals surface area (Å²) in [5, 5.41) is 15.5. The van der Waals surface area contributed by atoms with Gasteiger partial charge in [0.05, 0.1) is 31.9 Å². The Hall–Kier alpha value is -2.47. The second kappa shape index (κ2) is 12.0. The van der Waals surface area contributed by atoms with Gasteiger partial charge in [-0.1, -0.05) is 12.1 Å². The van der Waals surface area contributed by atoms with Crippen LogP contribution in [0.3, 0.4) is 0 Å². The molecule has 0 aliphatic carbocycles. The zero-order chi connectivity index (χ0) is 18.8. The van der Waals surface area contributed by atoms with Crippen molar-refractivity contribution in [3.63, 3.8) is 0 Å². The third kappa shape index (κ3) is 6.98. The zero-order valence-corrected chi connectivity index (χ0v) is 18.1. The maximum Gasteiger partial charge on any atom is 0.196 e. The molecular weight excluding hydrogens is 455 g/mol. The predicted molar refractivity (Wildman–Crippen MR) is 119 cm³/mol. The lowest BCUT2D eigenvalue weighted by Gasteiger charge is -2.14. The maximum absolute atomic E-state index is 9.00. The molecule has 0 amide bonds. The van der Waals surface area contributed by atoms with Crippen LogP contribution in [0.15, 0.2) is 47.5 Å². The summed E-state index contributed by atoms with van der Waals surface area (Å²) in [5.41, 5.74) is 2.45. The van der Waals surface area contributed by atoms with E-state index in [1.165, 1.54) is 0 Å². The lowest BCUT2D eigenvalue weighted by atomic mass is 10.1. The van der Waals surface area contributed by atoms with Gasteiger partial charge in [-0.25, -0.2) is 4.99 Å². The molecule has 2 aromatic carbocycles. The molecule has 0 radical (unpaired) electrons. The number of benzene rings is 2. The summed E-state index contributed by atoms with van der Waals surface area (Å²) in [5.74, 6) is 2.02. The number of halogens is 1. The van der Waals surface area contributed by atoms with Gasteiger partial charge >= 0.3 is 0 Å². The van der Waals surface area contributed by atoms with Crippen molar-refractivity contribution in [1.82, 2.24) is 5.32 Å². The molecule has 0 spiro atoms. The van der Waals surface area contributed by atoms with Crippen LogP contribution in [0.4, 0.5) is 5.69 Å². The Kier molecular flexibility index (Phi) is 10.0. The first-order valence-corrected chi connectivity index (χ1v) is 8.55. The third-order valence-corrected chi connectivity index (χ3v) is 3.55. The quantitative estimate of drug-likeness (QED) is 0.354. The summed E-state index contributed by atoms with van der Waals surface area (Å²) in [6, 6.07) is 15.2. The molecule has 2 aromatic rings. The summed E-state index contributed by atoms with van der Waals surface area (Å²) >= 11 is 0. The lowest BCUT2D eigenvalue weighted by molar-refractivity contribution is 0.311. The molecule has 0 fully saturated rings. The number of rotatable bonds is 7. The number of aliphatic imine (C=N–C) groups is 1. The van der Waals surface area contributed by atoms with E-state index in [1.54, 1.807) is 13.2 Å². The number of nitrogens with one attached hydrogen (secondary N) is 2. The van der Waals surface area contributed by atoms with Crippen LogP contribution in [0, 0.1) is 11.3 Å². The predicted octanol–water partition coefficient (Wildman–Crippen LogP) is 4.16. The molecule has 0 aliphatic heterocycles. The van der Waals surface area contributed by atoms with Crippen LogP contribution in [0.25, 0.3) is 0 Å². The molecule has 0 aromatic heterocycles. The van der Waals surface area contributed by atoms with Crippen LogP contribution in [-0.4, -0.2) is 26.2 Å². The van der Waals surface area contributed by atoms with Crippen molar-refractivity contribution in [2.75, 3.05) is 25.6 Å². The standard InChI is InChI=1S/C20H24N4O2.HI/c1-4-22-20(23-14-16-8-6-7-15(11-16)13-21)24-17-9-10-18(26-5-2)19(12-17)25-3;/h6-12H,4-5,14H2,1-3H3,(H2,22,23,24);1H. The van der Waals surface area contributed by atoms with Gasteiger partial charge in [0.1, 0.15) is 0 Å². The smallest absolute Gasteiger partial charge is 0.196 e. The number of anilines is 1. The molecule has 2 rings (SSSR count). The average molecular weight is 480 g/mol. The highest BCUT2D eigenvalue weighted by Crippen LogP contribution is 2.30. The van der Waals surface area contributed by atoms with Crippen molar-refractivity contribution >= 4 is 35.6 Å². The van der Waals surface area contributed by atoms with Crippen molar-refractivity contribution < 1.29 is 9.47 Å². The SMILES string of the molecule is CCNC(=NCc1cccc(C#N)c1)Nc1ccc(OCC)c(OC)c1.I. The topological polar surface area (TPSA) is 78.7 Å². The van der Waals surface area contributed by atoms with E-state index in [2.05, 4.69) is 21.7 Å². The van der Waals surface area contributed by atoms with Gasteiger partial charge in [-0.2, -0.15) is 5.26 Å². The molecule has 0 aliphatic rings. The summed E-state index contributed by atoms with van der Waals surface area (Å²) in [4.78, 5) is 4.58. The van der Waals surface area contributed by atoms with Gasteiger partial charge in [0.2, 0.25) is 0 Å². The van der Waals surface area contributed by atoms with Crippen molar-refractivity contribution in [2.24, 2.45) is 4.99 Å². The summed E-state index contributed by atoms with van der Waals surface area (Å²) < 4.78 is 10.9. The molecule has 0 heterocycles. The van der Waals surface area contributed by atoms with Crippen LogP contribution < -0.4 is 20.1 Å². The summed E-state index contributed by atoms with van der Waals surface area (Å²) in [6.07, 6.45) is 0. The fraction of sp³-hybridized carbons (Fsp3) is 0.300. The lowest BCUT2D eigenvalue weighted by Crippen LogP contribution is -2.30. The van der Waals surface area contributed by atoms with Gasteiger partial charge in [-0.3, -0.25) is 0 Å². The van der Waals surface area contributed by atoms with E-state index in [0.717, 1.165) is 17.8 Å².